The van der Waals surface area contributed by atoms with Crippen molar-refractivity contribution in [3.05, 3.63) is 51.8 Å². The van der Waals surface area contributed by atoms with Gasteiger partial charge in [-0.1, -0.05) is 34.1 Å². The highest BCUT2D eigenvalue weighted by atomic mass is 79.9. The number of halogens is 1. The number of thiophene rings is 1. The van der Waals surface area contributed by atoms with Crippen LogP contribution >= 0.6 is 27.3 Å². The van der Waals surface area contributed by atoms with Gasteiger partial charge in [0.15, 0.2) is 0 Å². The van der Waals surface area contributed by atoms with Crippen molar-refractivity contribution in [2.75, 3.05) is 26.2 Å². The third kappa shape index (κ3) is 4.68. The van der Waals surface area contributed by atoms with Crippen molar-refractivity contribution in [1.82, 2.24) is 9.62 Å². The van der Waals surface area contributed by atoms with Gasteiger partial charge in [0.1, 0.15) is 10.3 Å². The molecule has 0 saturated carbocycles. The van der Waals surface area contributed by atoms with Crippen molar-refractivity contribution in [3.63, 3.8) is 0 Å². The molecular weight excluding hydrogens is 428 g/mol. The maximum Gasteiger partial charge on any atom is 0.250 e. The van der Waals surface area contributed by atoms with Gasteiger partial charge < -0.3 is 9.64 Å². The van der Waals surface area contributed by atoms with Gasteiger partial charge in [-0.15, -0.1) is 11.3 Å². The Hall–Kier alpha value is -1.26. The Kier molecular flexibility index (Phi) is 5.90. The molecule has 1 aromatic heterocycles. The molecule has 0 bridgehead atoms. The number of ether oxygens (including phenoxy) is 1. The molecule has 2 aromatic rings. The van der Waals surface area contributed by atoms with Crippen molar-refractivity contribution in [2.24, 2.45) is 0 Å². The molecule has 1 aromatic carbocycles. The molecule has 1 aliphatic rings. The molecule has 6 nitrogen and oxygen atoms in total. The van der Waals surface area contributed by atoms with Gasteiger partial charge in [0.05, 0.1) is 19.7 Å². The fourth-order valence-electron chi connectivity index (χ4n) is 2.51. The smallest absolute Gasteiger partial charge is 0.250 e. The van der Waals surface area contributed by atoms with Gasteiger partial charge in [0.2, 0.25) is 5.91 Å². The summed E-state index contributed by atoms with van der Waals surface area (Å²) in [6.07, 6.45) is -0.209. The Morgan fingerprint density at radius 1 is 1.32 bits per heavy atom. The van der Waals surface area contributed by atoms with Gasteiger partial charge in [0.25, 0.3) is 10.0 Å². The Balaban J connectivity index is 1.59. The molecule has 1 fully saturated rings. The van der Waals surface area contributed by atoms with E-state index in [-0.39, 0.29) is 22.8 Å². The zero-order valence-electron chi connectivity index (χ0n) is 13.2. The Bertz CT molecular complexity index is 822. The summed E-state index contributed by atoms with van der Waals surface area (Å²) in [5, 5.41) is 1.68. The minimum atomic E-state index is -3.64. The molecule has 3 rings (SSSR count). The molecule has 134 valence electrons. The van der Waals surface area contributed by atoms with E-state index >= 15 is 0 Å². The number of carbonyl (C=O) groups excluding carboxylic acids is 1. The van der Waals surface area contributed by atoms with Crippen LogP contribution in [0.25, 0.3) is 0 Å². The van der Waals surface area contributed by atoms with Gasteiger partial charge in [-0.25, -0.2) is 13.1 Å². The van der Waals surface area contributed by atoms with Crippen LogP contribution in [0.4, 0.5) is 0 Å². The largest absolute Gasteiger partial charge is 0.370 e. The van der Waals surface area contributed by atoms with Crippen molar-refractivity contribution >= 4 is 43.2 Å². The quantitative estimate of drug-likeness (QED) is 0.767. The van der Waals surface area contributed by atoms with E-state index in [1.807, 2.05) is 24.3 Å². The molecular formula is C16H17BrN2O4S2. The highest BCUT2D eigenvalue weighted by Gasteiger charge is 2.26. The van der Waals surface area contributed by atoms with Crippen LogP contribution in [0.3, 0.4) is 0 Å². The molecule has 25 heavy (non-hydrogen) atoms. The topological polar surface area (TPSA) is 75.7 Å². The van der Waals surface area contributed by atoms with E-state index in [2.05, 4.69) is 20.7 Å². The third-order valence-corrected chi connectivity index (χ3v) is 7.16. The van der Waals surface area contributed by atoms with Crippen LogP contribution in [0.5, 0.6) is 0 Å². The number of rotatable bonds is 5. The minimum Gasteiger partial charge on any atom is -0.370 e. The molecule has 0 spiro atoms. The van der Waals surface area contributed by atoms with Crippen molar-refractivity contribution in [3.8, 4) is 0 Å². The zero-order valence-corrected chi connectivity index (χ0v) is 16.4. The summed E-state index contributed by atoms with van der Waals surface area (Å²) < 4.78 is 33.5. The van der Waals surface area contributed by atoms with E-state index in [1.54, 1.807) is 16.3 Å². The number of carbonyl (C=O) groups is 1. The lowest BCUT2D eigenvalue weighted by molar-refractivity contribution is -0.137. The second-order valence-electron chi connectivity index (χ2n) is 5.51. The van der Waals surface area contributed by atoms with Crippen LogP contribution in [0.2, 0.25) is 0 Å². The van der Waals surface area contributed by atoms with Gasteiger partial charge in [-0.05, 0) is 29.1 Å². The molecule has 1 unspecified atom stereocenters. The average Bonchev–Trinajstić information content (AvgIpc) is 3.16. The average molecular weight is 445 g/mol. The number of hydrogen-bond acceptors (Lipinski definition) is 5. The van der Waals surface area contributed by atoms with Gasteiger partial charge in [-0.2, -0.15) is 0 Å². The summed E-state index contributed by atoms with van der Waals surface area (Å²) in [4.78, 5) is 14.0. The minimum absolute atomic E-state index is 0.204. The zero-order chi connectivity index (χ0) is 17.9. The molecule has 1 saturated heterocycles. The fraction of sp³-hybridized carbons (Fsp3) is 0.312. The molecule has 2 heterocycles. The first-order valence-electron chi connectivity index (χ1n) is 7.64. The number of benzene rings is 1. The van der Waals surface area contributed by atoms with Gasteiger partial charge in [-0.3, -0.25) is 4.79 Å². The maximum absolute atomic E-state index is 12.4. The number of nitrogens with zero attached hydrogens (tertiary/aromatic N) is 1. The number of morpholine rings is 1. The predicted molar refractivity (Wildman–Crippen MR) is 98.9 cm³/mol. The van der Waals surface area contributed by atoms with E-state index in [9.17, 15) is 13.2 Å². The summed E-state index contributed by atoms with van der Waals surface area (Å²) in [6.45, 7) is 1.02. The van der Waals surface area contributed by atoms with E-state index in [0.717, 1.165) is 21.4 Å². The van der Waals surface area contributed by atoms with Crippen LogP contribution in [-0.4, -0.2) is 45.5 Å². The van der Waals surface area contributed by atoms with Gasteiger partial charge in [0, 0.05) is 11.0 Å². The predicted octanol–water partition coefficient (Wildman–Crippen LogP) is 2.39. The van der Waals surface area contributed by atoms with Crippen LogP contribution in [0.1, 0.15) is 11.7 Å². The lowest BCUT2D eigenvalue weighted by Crippen LogP contribution is -2.46. The van der Waals surface area contributed by atoms with Crippen molar-refractivity contribution in [1.29, 1.82) is 0 Å². The molecule has 1 N–H and O–H groups in total. The highest BCUT2D eigenvalue weighted by Crippen LogP contribution is 2.24. The normalized spacial score (nSPS) is 18.3. The second kappa shape index (κ2) is 7.96. The molecule has 0 radical (unpaired) electrons. The molecule has 1 amide bonds. The Morgan fingerprint density at radius 2 is 2.08 bits per heavy atom. The van der Waals surface area contributed by atoms with E-state index in [0.29, 0.717) is 19.7 Å². The van der Waals surface area contributed by atoms with Crippen LogP contribution in [0.15, 0.2) is 50.5 Å². The maximum atomic E-state index is 12.4. The lowest BCUT2D eigenvalue weighted by Gasteiger charge is -2.33. The number of nitrogens with one attached hydrogen (secondary N) is 1. The Labute approximate surface area is 159 Å². The van der Waals surface area contributed by atoms with Crippen LogP contribution in [0, 0.1) is 0 Å². The van der Waals surface area contributed by atoms with E-state index in [4.69, 9.17) is 4.74 Å². The van der Waals surface area contributed by atoms with Crippen LogP contribution in [-0.2, 0) is 19.6 Å². The SMILES string of the molecule is O=C(CNS(=O)(=O)c1cccs1)N1CCOC(c2ccc(Br)cc2)C1. The van der Waals surface area contributed by atoms with E-state index < -0.39 is 10.0 Å². The first-order valence-corrected chi connectivity index (χ1v) is 10.8. The van der Waals surface area contributed by atoms with Crippen LogP contribution < -0.4 is 4.72 Å². The summed E-state index contributed by atoms with van der Waals surface area (Å²) >= 11 is 4.51. The molecule has 0 aliphatic carbocycles. The molecule has 9 heteroatoms. The second-order valence-corrected chi connectivity index (χ2v) is 9.36. The lowest BCUT2D eigenvalue weighted by atomic mass is 10.1. The number of sulfonamides is 1. The summed E-state index contributed by atoms with van der Waals surface area (Å²) in [7, 11) is -3.64. The fourth-order valence-corrected chi connectivity index (χ4v) is 4.79. The first kappa shape index (κ1) is 18.5. The van der Waals surface area contributed by atoms with E-state index in [1.165, 1.54) is 6.07 Å². The number of hydrogen-bond donors (Lipinski definition) is 1. The van der Waals surface area contributed by atoms with Crippen molar-refractivity contribution < 1.29 is 17.9 Å². The first-order chi connectivity index (χ1) is 12.0. The molecule has 1 aliphatic heterocycles. The highest BCUT2D eigenvalue weighted by molar-refractivity contribution is 9.10. The summed E-state index contributed by atoms with van der Waals surface area (Å²) in [5.41, 5.74) is 0.986. The summed E-state index contributed by atoms with van der Waals surface area (Å²) in [6, 6.07) is 10.9. The summed E-state index contributed by atoms with van der Waals surface area (Å²) in [5.74, 6) is -0.259. The Morgan fingerprint density at radius 3 is 2.76 bits per heavy atom. The standard InChI is InChI=1S/C16H17BrN2O4S2/c17-13-5-3-12(4-6-13)14-11-19(7-8-23-14)15(20)10-18-25(21,22)16-2-1-9-24-16/h1-6,9,14,18H,7-8,10-11H2. The molecule has 1 atom stereocenters. The third-order valence-electron chi connectivity index (χ3n) is 3.83. The monoisotopic (exact) mass is 444 g/mol. The number of amides is 1. The van der Waals surface area contributed by atoms with Crippen molar-refractivity contribution in [2.45, 2.75) is 10.3 Å². The van der Waals surface area contributed by atoms with Gasteiger partial charge >= 0.3 is 0 Å².